The zero-order valence-corrected chi connectivity index (χ0v) is 12.1. The van der Waals surface area contributed by atoms with Crippen molar-refractivity contribution in [3.8, 4) is 0 Å². The highest BCUT2D eigenvalue weighted by atomic mass is 35.5. The van der Waals surface area contributed by atoms with E-state index in [-0.39, 0.29) is 18.6 Å². The quantitative estimate of drug-likeness (QED) is 0.856. The van der Waals surface area contributed by atoms with Gasteiger partial charge < -0.3 is 19.9 Å². The van der Waals surface area contributed by atoms with Crippen LogP contribution in [0.15, 0.2) is 11.4 Å². The third-order valence-corrected chi connectivity index (χ3v) is 4.21. The van der Waals surface area contributed by atoms with Gasteiger partial charge in [0, 0.05) is 6.61 Å². The van der Waals surface area contributed by atoms with E-state index >= 15 is 0 Å². The van der Waals surface area contributed by atoms with Crippen LogP contribution in [0.5, 0.6) is 0 Å². The normalized spacial score (nSPS) is 22.4. The fraction of sp³-hybridized carbons (Fsp3) is 0.500. The summed E-state index contributed by atoms with van der Waals surface area (Å²) in [7, 11) is 0. The van der Waals surface area contributed by atoms with Gasteiger partial charge in [0.1, 0.15) is 17.6 Å². The molecule has 20 heavy (non-hydrogen) atoms. The van der Waals surface area contributed by atoms with Crippen LogP contribution in [0.3, 0.4) is 0 Å². The van der Waals surface area contributed by atoms with Gasteiger partial charge in [-0.15, -0.1) is 11.3 Å². The molecule has 1 aromatic heterocycles. The minimum Gasteiger partial charge on any atom is -0.480 e. The Morgan fingerprint density at radius 2 is 2.40 bits per heavy atom. The largest absolute Gasteiger partial charge is 0.480 e. The Morgan fingerprint density at radius 1 is 1.60 bits per heavy atom. The van der Waals surface area contributed by atoms with E-state index in [1.54, 1.807) is 11.4 Å². The van der Waals surface area contributed by atoms with Gasteiger partial charge in [-0.05, 0) is 17.9 Å². The molecule has 0 radical (unpaired) electrons. The van der Waals surface area contributed by atoms with Gasteiger partial charge in [-0.25, -0.2) is 4.79 Å². The van der Waals surface area contributed by atoms with Crippen LogP contribution in [0, 0.1) is 0 Å². The molecule has 2 N–H and O–H groups in total. The van der Waals surface area contributed by atoms with E-state index < -0.39 is 18.7 Å². The van der Waals surface area contributed by atoms with E-state index in [4.69, 9.17) is 26.2 Å². The number of thiophene rings is 1. The van der Waals surface area contributed by atoms with Crippen LogP contribution in [-0.4, -0.2) is 48.9 Å². The fourth-order valence-electron chi connectivity index (χ4n) is 1.91. The lowest BCUT2D eigenvalue weighted by Crippen LogP contribution is -2.50. The lowest BCUT2D eigenvalue weighted by atomic mass is 10.1. The van der Waals surface area contributed by atoms with Crippen LogP contribution in [0.2, 0.25) is 5.02 Å². The maximum Gasteiger partial charge on any atom is 0.329 e. The Labute approximate surface area is 124 Å². The van der Waals surface area contributed by atoms with Gasteiger partial charge in [0.15, 0.2) is 0 Å². The first-order chi connectivity index (χ1) is 9.58. The summed E-state index contributed by atoms with van der Waals surface area (Å²) in [6.07, 6.45) is 0.0986. The molecule has 1 aromatic rings. The number of hydrogen-bond acceptors (Lipinski definition) is 5. The van der Waals surface area contributed by atoms with E-state index in [2.05, 4.69) is 5.32 Å². The first kappa shape index (κ1) is 15.2. The molecule has 0 aliphatic carbocycles. The molecule has 1 saturated heterocycles. The molecular formula is C12H14ClNO5S. The Morgan fingerprint density at radius 3 is 3.05 bits per heavy atom. The predicted octanol–water partition coefficient (Wildman–Crippen LogP) is 1.39. The Balaban J connectivity index is 1.96. The summed E-state index contributed by atoms with van der Waals surface area (Å²) in [5.41, 5.74) is 0. The Bertz CT molecular complexity index is 492. The number of carbonyl (C=O) groups is 2. The number of carboxylic acid groups (broad SMARTS) is 1. The van der Waals surface area contributed by atoms with Crippen LogP contribution in [-0.2, 0) is 14.3 Å². The highest BCUT2D eigenvalue weighted by Crippen LogP contribution is 2.22. The summed E-state index contributed by atoms with van der Waals surface area (Å²) < 4.78 is 10.5. The van der Waals surface area contributed by atoms with Crippen molar-refractivity contribution in [2.75, 3.05) is 19.8 Å². The zero-order chi connectivity index (χ0) is 14.5. The zero-order valence-electron chi connectivity index (χ0n) is 10.5. The standard InChI is InChI=1S/C12H14ClNO5S/c13-7-2-4-20-11(7)12(17)14-8-1-3-18-5-9(8)19-6-10(15)16/h2,4,8-9H,1,3,5-6H2,(H,14,17)(H,15,16)/t8-,9-/m1/s1. The van der Waals surface area contributed by atoms with Gasteiger partial charge in [0.05, 0.1) is 17.7 Å². The van der Waals surface area contributed by atoms with Crippen LogP contribution >= 0.6 is 22.9 Å². The molecule has 110 valence electrons. The smallest absolute Gasteiger partial charge is 0.329 e. The van der Waals surface area contributed by atoms with Crippen molar-refractivity contribution in [1.82, 2.24) is 5.32 Å². The topological polar surface area (TPSA) is 84.9 Å². The predicted molar refractivity (Wildman–Crippen MR) is 73.4 cm³/mol. The van der Waals surface area contributed by atoms with Gasteiger partial charge in [0.25, 0.3) is 5.91 Å². The summed E-state index contributed by atoms with van der Waals surface area (Å²) in [5, 5.41) is 13.6. The molecule has 1 amide bonds. The van der Waals surface area contributed by atoms with E-state index in [1.807, 2.05) is 0 Å². The van der Waals surface area contributed by atoms with Gasteiger partial charge in [0.2, 0.25) is 0 Å². The van der Waals surface area contributed by atoms with E-state index in [1.165, 1.54) is 11.3 Å². The minimum atomic E-state index is -1.05. The average molecular weight is 320 g/mol. The molecule has 0 bridgehead atoms. The summed E-state index contributed by atoms with van der Waals surface area (Å²) in [5.74, 6) is -1.33. The maximum atomic E-state index is 12.1. The Hall–Kier alpha value is -1.15. The first-order valence-corrected chi connectivity index (χ1v) is 7.28. The minimum absolute atomic E-state index is 0.260. The third-order valence-electron chi connectivity index (χ3n) is 2.86. The number of amides is 1. The van der Waals surface area contributed by atoms with E-state index in [9.17, 15) is 9.59 Å². The van der Waals surface area contributed by atoms with Crippen LogP contribution in [0.25, 0.3) is 0 Å². The number of rotatable bonds is 5. The summed E-state index contributed by atoms with van der Waals surface area (Å²) in [4.78, 5) is 23.1. The third kappa shape index (κ3) is 3.92. The summed E-state index contributed by atoms with van der Waals surface area (Å²) in [6.45, 7) is 0.340. The second-order valence-electron chi connectivity index (χ2n) is 4.28. The van der Waals surface area contributed by atoms with Crippen molar-refractivity contribution in [3.05, 3.63) is 21.3 Å². The van der Waals surface area contributed by atoms with Crippen LogP contribution in [0.4, 0.5) is 0 Å². The molecule has 0 unspecified atom stereocenters. The van der Waals surface area contributed by atoms with Crippen molar-refractivity contribution in [1.29, 1.82) is 0 Å². The molecule has 1 aliphatic rings. The van der Waals surface area contributed by atoms with E-state index in [0.717, 1.165) is 0 Å². The number of carbonyl (C=O) groups excluding carboxylic acids is 1. The van der Waals surface area contributed by atoms with Crippen LogP contribution < -0.4 is 5.32 Å². The number of halogens is 1. The van der Waals surface area contributed by atoms with Crippen molar-refractivity contribution >= 4 is 34.8 Å². The van der Waals surface area contributed by atoms with Gasteiger partial charge in [-0.3, -0.25) is 4.79 Å². The molecule has 6 nitrogen and oxygen atoms in total. The monoisotopic (exact) mass is 319 g/mol. The number of hydrogen-bond donors (Lipinski definition) is 2. The maximum absolute atomic E-state index is 12.1. The molecule has 8 heteroatoms. The molecule has 0 spiro atoms. The molecule has 1 aliphatic heterocycles. The summed E-state index contributed by atoms with van der Waals surface area (Å²) in [6, 6.07) is 1.37. The van der Waals surface area contributed by atoms with Gasteiger partial charge >= 0.3 is 5.97 Å². The van der Waals surface area contributed by atoms with Gasteiger partial charge in [-0.1, -0.05) is 11.6 Å². The van der Waals surface area contributed by atoms with E-state index in [0.29, 0.717) is 22.9 Å². The highest BCUT2D eigenvalue weighted by molar-refractivity contribution is 7.12. The number of ether oxygens (including phenoxy) is 2. The summed E-state index contributed by atoms with van der Waals surface area (Å²) >= 11 is 7.16. The molecule has 2 rings (SSSR count). The highest BCUT2D eigenvalue weighted by Gasteiger charge is 2.29. The van der Waals surface area contributed by atoms with Gasteiger partial charge in [-0.2, -0.15) is 0 Å². The molecule has 1 fully saturated rings. The molecule has 2 atom stereocenters. The number of carboxylic acids is 1. The second kappa shape index (κ2) is 7.03. The Kier molecular flexibility index (Phi) is 5.36. The van der Waals surface area contributed by atoms with Crippen molar-refractivity contribution < 1.29 is 24.2 Å². The number of aliphatic carboxylic acids is 1. The molecule has 2 heterocycles. The van der Waals surface area contributed by atoms with Crippen LogP contribution in [0.1, 0.15) is 16.1 Å². The second-order valence-corrected chi connectivity index (χ2v) is 5.61. The lowest BCUT2D eigenvalue weighted by molar-refractivity contribution is -0.148. The molecule has 0 aromatic carbocycles. The van der Waals surface area contributed by atoms with Crippen molar-refractivity contribution in [2.45, 2.75) is 18.6 Å². The fourth-order valence-corrected chi connectivity index (χ4v) is 2.95. The first-order valence-electron chi connectivity index (χ1n) is 6.03. The average Bonchev–Trinajstić information content (AvgIpc) is 2.84. The molecular weight excluding hydrogens is 306 g/mol. The molecule has 0 saturated carbocycles. The number of nitrogens with one attached hydrogen (secondary N) is 1. The SMILES string of the molecule is O=C(O)CO[C@@H]1COCC[C@H]1NC(=O)c1sccc1Cl. The van der Waals surface area contributed by atoms with Crippen molar-refractivity contribution in [2.24, 2.45) is 0 Å². The lowest BCUT2D eigenvalue weighted by Gasteiger charge is -2.31. The van der Waals surface area contributed by atoms with Crippen molar-refractivity contribution in [3.63, 3.8) is 0 Å².